The molecular formula is C21H26N2O2. The number of para-hydroxylation sites is 1. The summed E-state index contributed by atoms with van der Waals surface area (Å²) < 4.78 is 0. The minimum absolute atomic E-state index is 0.134. The van der Waals surface area contributed by atoms with Gasteiger partial charge in [-0.3, -0.25) is 0 Å². The second-order valence-corrected chi connectivity index (χ2v) is 7.25. The van der Waals surface area contributed by atoms with Gasteiger partial charge < -0.3 is 15.3 Å². The Labute approximate surface area is 149 Å². The number of benzene rings is 2. The van der Waals surface area contributed by atoms with E-state index in [2.05, 4.69) is 17.4 Å². The smallest absolute Gasteiger partial charge is 0.322 e. The monoisotopic (exact) mass is 338 g/mol. The van der Waals surface area contributed by atoms with Gasteiger partial charge in [-0.2, -0.15) is 0 Å². The van der Waals surface area contributed by atoms with Crippen LogP contribution in [0.3, 0.4) is 0 Å². The Bertz CT molecular complexity index is 722. The van der Waals surface area contributed by atoms with Crippen molar-refractivity contribution in [3.63, 3.8) is 0 Å². The molecule has 0 aliphatic carbocycles. The van der Waals surface area contributed by atoms with Gasteiger partial charge in [0.1, 0.15) is 0 Å². The molecule has 4 nitrogen and oxygen atoms in total. The molecule has 0 saturated carbocycles. The van der Waals surface area contributed by atoms with E-state index in [-0.39, 0.29) is 12.1 Å². The summed E-state index contributed by atoms with van der Waals surface area (Å²) in [6.45, 7) is 4.22. The third-order valence-electron chi connectivity index (χ3n) is 4.83. The summed E-state index contributed by atoms with van der Waals surface area (Å²) in [6.07, 6.45) is 2.53. The molecule has 0 spiro atoms. The molecule has 1 atom stereocenters. The summed E-state index contributed by atoms with van der Waals surface area (Å²) in [6, 6.07) is 17.8. The Balaban J connectivity index is 1.76. The van der Waals surface area contributed by atoms with Gasteiger partial charge in [-0.15, -0.1) is 0 Å². The minimum atomic E-state index is -0.891. The second kappa shape index (κ2) is 7.28. The lowest BCUT2D eigenvalue weighted by Gasteiger charge is -2.33. The van der Waals surface area contributed by atoms with E-state index in [4.69, 9.17) is 0 Å². The lowest BCUT2D eigenvalue weighted by Crippen LogP contribution is -2.49. The van der Waals surface area contributed by atoms with Crippen LogP contribution < -0.4 is 5.32 Å². The van der Waals surface area contributed by atoms with E-state index < -0.39 is 5.60 Å². The summed E-state index contributed by atoms with van der Waals surface area (Å²) >= 11 is 0. The summed E-state index contributed by atoms with van der Waals surface area (Å²) in [7, 11) is 0. The first-order chi connectivity index (χ1) is 11.9. The van der Waals surface area contributed by atoms with Crippen molar-refractivity contribution < 1.29 is 9.90 Å². The number of anilines is 1. The number of carbonyl (C=O) groups is 1. The van der Waals surface area contributed by atoms with Crippen molar-refractivity contribution in [2.75, 3.05) is 11.9 Å². The van der Waals surface area contributed by atoms with E-state index in [0.717, 1.165) is 30.5 Å². The quantitative estimate of drug-likeness (QED) is 0.884. The number of rotatable bonds is 4. The molecule has 0 aromatic heterocycles. The number of hydrogen-bond donors (Lipinski definition) is 2. The van der Waals surface area contributed by atoms with Crippen molar-refractivity contribution in [1.29, 1.82) is 0 Å². The standard InChI is InChI=1S/C21H26N2O2/c1-21(2,25)19-13-8-14-23(19)20(24)22-18-12-7-6-11-17(18)15-16-9-4-3-5-10-16/h3-7,9-12,19,25H,8,13-15H2,1-2H3,(H,22,24). The predicted octanol–water partition coefficient (Wildman–Crippen LogP) is 4.04. The van der Waals surface area contributed by atoms with Crippen LogP contribution in [-0.2, 0) is 6.42 Å². The van der Waals surface area contributed by atoms with Crippen molar-refractivity contribution in [1.82, 2.24) is 4.90 Å². The molecular weight excluding hydrogens is 312 g/mol. The molecule has 0 radical (unpaired) electrons. The zero-order chi connectivity index (χ0) is 17.9. The lowest BCUT2D eigenvalue weighted by atomic mass is 9.97. The van der Waals surface area contributed by atoms with Crippen LogP contribution >= 0.6 is 0 Å². The first-order valence-corrected chi connectivity index (χ1v) is 8.87. The summed E-state index contributed by atoms with van der Waals surface area (Å²) in [5.74, 6) is 0. The number of aliphatic hydroxyl groups is 1. The largest absolute Gasteiger partial charge is 0.388 e. The van der Waals surface area contributed by atoms with Crippen LogP contribution in [0.15, 0.2) is 54.6 Å². The van der Waals surface area contributed by atoms with Gasteiger partial charge >= 0.3 is 6.03 Å². The number of hydrogen-bond acceptors (Lipinski definition) is 2. The molecule has 2 N–H and O–H groups in total. The van der Waals surface area contributed by atoms with Crippen LogP contribution in [0.25, 0.3) is 0 Å². The van der Waals surface area contributed by atoms with Crippen LogP contribution in [0.2, 0.25) is 0 Å². The average Bonchev–Trinajstić information content (AvgIpc) is 3.08. The third-order valence-corrected chi connectivity index (χ3v) is 4.83. The van der Waals surface area contributed by atoms with Crippen molar-refractivity contribution in [3.05, 3.63) is 65.7 Å². The fourth-order valence-corrected chi connectivity index (χ4v) is 3.54. The Kier molecular flexibility index (Phi) is 5.09. The van der Waals surface area contributed by atoms with Crippen molar-refractivity contribution in [2.45, 2.75) is 44.8 Å². The molecule has 2 aromatic carbocycles. The van der Waals surface area contributed by atoms with Gasteiger partial charge in [0, 0.05) is 12.2 Å². The van der Waals surface area contributed by atoms with E-state index in [1.54, 1.807) is 18.7 Å². The Morgan fingerprint density at radius 1 is 1.16 bits per heavy atom. The Morgan fingerprint density at radius 3 is 2.56 bits per heavy atom. The number of nitrogens with zero attached hydrogens (tertiary/aromatic N) is 1. The molecule has 0 bridgehead atoms. The van der Waals surface area contributed by atoms with E-state index in [1.165, 1.54) is 5.56 Å². The molecule has 4 heteroatoms. The van der Waals surface area contributed by atoms with Crippen LogP contribution in [0.1, 0.15) is 37.8 Å². The van der Waals surface area contributed by atoms with Gasteiger partial charge in [0.15, 0.2) is 0 Å². The van der Waals surface area contributed by atoms with E-state index in [0.29, 0.717) is 6.54 Å². The molecule has 132 valence electrons. The molecule has 1 heterocycles. The molecule has 1 aliphatic heterocycles. The van der Waals surface area contributed by atoms with Crippen LogP contribution in [-0.4, -0.2) is 34.2 Å². The minimum Gasteiger partial charge on any atom is -0.388 e. The summed E-state index contributed by atoms with van der Waals surface area (Å²) in [5.41, 5.74) is 2.23. The van der Waals surface area contributed by atoms with Crippen molar-refractivity contribution in [2.24, 2.45) is 0 Å². The number of carbonyl (C=O) groups excluding carboxylic acids is 1. The summed E-state index contributed by atoms with van der Waals surface area (Å²) in [4.78, 5) is 14.5. The van der Waals surface area contributed by atoms with E-state index in [9.17, 15) is 9.90 Å². The zero-order valence-corrected chi connectivity index (χ0v) is 14.9. The highest BCUT2D eigenvalue weighted by Gasteiger charge is 2.38. The fourth-order valence-electron chi connectivity index (χ4n) is 3.54. The van der Waals surface area contributed by atoms with E-state index >= 15 is 0 Å². The topological polar surface area (TPSA) is 52.6 Å². The fraction of sp³-hybridized carbons (Fsp3) is 0.381. The molecule has 2 amide bonds. The highest BCUT2D eigenvalue weighted by molar-refractivity contribution is 5.90. The third kappa shape index (κ3) is 4.20. The second-order valence-electron chi connectivity index (χ2n) is 7.25. The highest BCUT2D eigenvalue weighted by atomic mass is 16.3. The first-order valence-electron chi connectivity index (χ1n) is 8.87. The predicted molar refractivity (Wildman–Crippen MR) is 101 cm³/mol. The van der Waals surface area contributed by atoms with Crippen molar-refractivity contribution in [3.8, 4) is 0 Å². The average molecular weight is 338 g/mol. The highest BCUT2D eigenvalue weighted by Crippen LogP contribution is 2.28. The van der Waals surface area contributed by atoms with Crippen LogP contribution in [0.4, 0.5) is 10.5 Å². The van der Waals surface area contributed by atoms with Gasteiger partial charge in [0.2, 0.25) is 0 Å². The van der Waals surface area contributed by atoms with Gasteiger partial charge in [-0.1, -0.05) is 48.5 Å². The molecule has 2 aromatic rings. The number of likely N-dealkylation sites (tertiary alicyclic amines) is 1. The van der Waals surface area contributed by atoms with Gasteiger partial charge in [-0.25, -0.2) is 4.79 Å². The molecule has 1 unspecified atom stereocenters. The summed E-state index contributed by atoms with van der Waals surface area (Å²) in [5, 5.41) is 13.4. The Hall–Kier alpha value is -2.33. The van der Waals surface area contributed by atoms with Gasteiger partial charge in [-0.05, 0) is 50.3 Å². The van der Waals surface area contributed by atoms with Gasteiger partial charge in [0.05, 0.1) is 11.6 Å². The van der Waals surface area contributed by atoms with E-state index in [1.807, 2.05) is 42.5 Å². The molecule has 1 aliphatic rings. The Morgan fingerprint density at radius 2 is 1.84 bits per heavy atom. The molecule has 1 fully saturated rings. The maximum absolute atomic E-state index is 12.8. The maximum atomic E-state index is 12.8. The van der Waals surface area contributed by atoms with Crippen molar-refractivity contribution >= 4 is 11.7 Å². The molecule has 1 saturated heterocycles. The first kappa shape index (κ1) is 17.5. The maximum Gasteiger partial charge on any atom is 0.322 e. The zero-order valence-electron chi connectivity index (χ0n) is 14.9. The lowest BCUT2D eigenvalue weighted by molar-refractivity contribution is 0.0117. The number of urea groups is 1. The molecule has 25 heavy (non-hydrogen) atoms. The molecule has 3 rings (SSSR count). The number of amides is 2. The SMILES string of the molecule is CC(C)(O)C1CCCN1C(=O)Nc1ccccc1Cc1ccccc1. The van der Waals surface area contributed by atoms with Crippen LogP contribution in [0.5, 0.6) is 0 Å². The normalized spacial score (nSPS) is 17.6. The van der Waals surface area contributed by atoms with Crippen LogP contribution in [0, 0.1) is 0 Å². The van der Waals surface area contributed by atoms with Gasteiger partial charge in [0.25, 0.3) is 0 Å². The number of nitrogens with one attached hydrogen (secondary N) is 1.